The van der Waals surface area contributed by atoms with Gasteiger partial charge >= 0.3 is 85.6 Å². The Hall–Kier alpha value is -1.75. The van der Waals surface area contributed by atoms with Gasteiger partial charge in [-0.25, -0.2) is 9.59 Å². The first kappa shape index (κ1) is 75.3. The van der Waals surface area contributed by atoms with E-state index in [1.54, 1.807) is 209 Å². The van der Waals surface area contributed by atoms with E-state index in [0.29, 0.717) is 19.5 Å². The van der Waals surface area contributed by atoms with Crippen LogP contribution < -0.4 is 0 Å². The number of benzene rings is 1. The van der Waals surface area contributed by atoms with Crippen molar-refractivity contribution in [2.45, 2.75) is 344 Å². The third-order valence-corrected chi connectivity index (χ3v) is 32.1. The van der Waals surface area contributed by atoms with E-state index in [9.17, 15) is 19.2 Å². The fraction of sp³-hybridized carbons (Fsp3) is 0.773. The van der Waals surface area contributed by atoms with E-state index in [-0.39, 0.29) is 50.4 Å². The van der Waals surface area contributed by atoms with E-state index in [0.717, 1.165) is 37.7 Å². The Balaban J connectivity index is 0.000000178. The Kier molecular flexibility index (Phi) is 32.5. The van der Waals surface area contributed by atoms with Gasteiger partial charge in [0, 0.05) is 28.9 Å². The van der Waals surface area contributed by atoms with Crippen molar-refractivity contribution in [3.63, 3.8) is 0 Å². The van der Waals surface area contributed by atoms with Gasteiger partial charge in [0.25, 0.3) is 0 Å². The van der Waals surface area contributed by atoms with Gasteiger partial charge in [0.2, 0.25) is 0 Å². The average Bonchev–Trinajstić information content (AvgIpc) is 2.41. The summed E-state index contributed by atoms with van der Waals surface area (Å²) in [5, 5.41) is 0. The average molecular weight is 1380 g/mol. The zero-order chi connectivity index (χ0) is 63.7. The van der Waals surface area contributed by atoms with Crippen molar-refractivity contribution in [3.8, 4) is 0 Å². The molecule has 6 saturated carbocycles. The van der Waals surface area contributed by atoms with Crippen molar-refractivity contribution in [2.24, 2.45) is 10.8 Å². The Morgan fingerprint density at radius 3 is 1.10 bits per heavy atom. The molecule has 10 rings (SSSR count). The number of rotatable bonds is 13. The van der Waals surface area contributed by atoms with Gasteiger partial charge < -0.3 is 9.47 Å². The minimum absolute atomic E-state index is 0.00383. The number of allylic oxidation sites excluding steroid dienone is 4. The molecule has 2 saturated heterocycles. The van der Waals surface area contributed by atoms with Gasteiger partial charge in [-0.2, -0.15) is 0 Å². The number of ketones is 2. The van der Waals surface area contributed by atoms with Crippen LogP contribution in [0.1, 0.15) is 292 Å². The number of hydrogen-bond donors (Lipinski definition) is 0. The zero-order valence-corrected chi connectivity index (χ0v) is 61.9. The molecule has 0 unspecified atom stereocenters. The summed E-state index contributed by atoms with van der Waals surface area (Å²) < 4.78 is 12.8. The third-order valence-electron chi connectivity index (χ3n) is 21.1. The number of amides is 2. The number of nitrogens with zero attached hydrogens (tertiary/aromatic N) is 2. The molecule has 1 spiro atoms. The standard InChI is InChI=1S/2C18H33P.C17H27NO3.C15H23NO3.C7H6.2ClH.Ru/c2*1-4-10-16(11-5-1)19(17-12-6-2-7-13-17)18-14-8-3-9-15-18;1-7-9-17(10-8-2)11-14(13(3)19)18(12-17)15(20)21-16(4,5)6;1-11(17)12-9-15(7-5-6-8-15)10-16(12)13(18)19-14(2,3)4;1-7-5-3-2-4-6-7;;;/h2*16-18H,1-15H2;7-8,14H,1-2,9-12H2,3-6H3;5-6,12H,7-10H2,1-4H3;1-6H;2*1H;/q;;;;;;;+2/t;;14-;12-;;;;/m..00..../s1. The fourth-order valence-electron chi connectivity index (χ4n) is 17.1. The zero-order valence-electron chi connectivity index (χ0n) is 56.6. The van der Waals surface area contributed by atoms with E-state index in [2.05, 4.69) is 25.3 Å². The molecule has 0 radical (unpaired) electrons. The Morgan fingerprint density at radius 1 is 0.511 bits per heavy atom. The summed E-state index contributed by atoms with van der Waals surface area (Å²) in [6.45, 7) is 22.8. The van der Waals surface area contributed by atoms with Gasteiger partial charge in [-0.1, -0.05) is 62.8 Å². The second kappa shape index (κ2) is 38.0. The normalized spacial score (nSPS) is 24.1. The maximum atomic E-state index is 12.4. The van der Waals surface area contributed by atoms with Crippen molar-refractivity contribution in [2.75, 3.05) is 13.1 Å². The summed E-state index contributed by atoms with van der Waals surface area (Å²) in [7, 11) is 11.2. The van der Waals surface area contributed by atoms with E-state index < -0.39 is 36.9 Å². The van der Waals surface area contributed by atoms with Crippen molar-refractivity contribution in [1.82, 2.24) is 9.80 Å². The molecule has 1 aromatic rings. The van der Waals surface area contributed by atoms with Gasteiger partial charge in [0.05, 0.1) is 46.0 Å². The van der Waals surface area contributed by atoms with Crippen LogP contribution in [0.15, 0.2) is 67.8 Å². The molecule has 13 heteroatoms. The summed E-state index contributed by atoms with van der Waals surface area (Å²) in [6, 6.07) is 9.15. The van der Waals surface area contributed by atoms with Crippen LogP contribution in [0.5, 0.6) is 0 Å². The van der Waals surface area contributed by atoms with Crippen LogP contribution in [0.2, 0.25) is 0 Å². The van der Waals surface area contributed by atoms with E-state index >= 15 is 0 Å². The molecule has 0 bridgehead atoms. The minimum atomic E-state index is -1.61. The summed E-state index contributed by atoms with van der Waals surface area (Å²) in [4.78, 5) is 51.5. The van der Waals surface area contributed by atoms with E-state index in [1.165, 1.54) is 40.9 Å². The molecule has 2 aliphatic heterocycles. The summed E-state index contributed by atoms with van der Waals surface area (Å²) in [6.07, 6.45) is 59.6. The molecule has 7 aliphatic carbocycles. The van der Waals surface area contributed by atoms with Crippen LogP contribution in [0.3, 0.4) is 0 Å². The van der Waals surface area contributed by atoms with E-state index in [1.807, 2.05) is 88.6 Å². The molecule has 2 atom stereocenters. The third kappa shape index (κ3) is 24.9. The molecular formula is C75H124Cl2N2O6P2Ru+2. The molecule has 8 fully saturated rings. The molecule has 0 N–H and O–H groups in total. The van der Waals surface area contributed by atoms with Crippen molar-refractivity contribution in [3.05, 3.63) is 73.4 Å². The van der Waals surface area contributed by atoms with Gasteiger partial charge in [-0.05, 0) is 259 Å². The summed E-state index contributed by atoms with van der Waals surface area (Å²) in [5.41, 5.74) is 7.29. The predicted octanol–water partition coefficient (Wildman–Crippen LogP) is 21.8. The number of carbonyl (C=O) groups excluding carboxylic acids is 4. The molecule has 9 aliphatic rings. The van der Waals surface area contributed by atoms with Gasteiger partial charge in [0.15, 0.2) is 11.6 Å². The second-order valence-electron chi connectivity index (χ2n) is 30.5. The topological polar surface area (TPSA) is 93.2 Å². The number of halogens is 2. The van der Waals surface area contributed by atoms with E-state index in [4.69, 9.17) is 28.9 Å². The van der Waals surface area contributed by atoms with Gasteiger partial charge in [0.1, 0.15) is 11.2 Å². The Bertz CT molecular complexity index is 2170. The first-order valence-electron chi connectivity index (χ1n) is 35.5. The number of likely N-dealkylation sites (tertiary alicyclic amines) is 2. The van der Waals surface area contributed by atoms with Crippen molar-refractivity contribution < 1.29 is 42.2 Å². The molecule has 88 heavy (non-hydrogen) atoms. The van der Waals surface area contributed by atoms with Crippen LogP contribution in [0.25, 0.3) is 0 Å². The Labute approximate surface area is 552 Å². The van der Waals surface area contributed by atoms with Gasteiger partial charge in [-0.3, -0.25) is 19.4 Å². The fourth-order valence-corrected chi connectivity index (χ4v) is 29.4. The maximum absolute atomic E-state index is 12.4. The van der Waals surface area contributed by atoms with Crippen molar-refractivity contribution in [1.29, 1.82) is 0 Å². The first-order valence-corrected chi connectivity index (χ1v) is 44.5. The van der Waals surface area contributed by atoms with Crippen LogP contribution in [-0.2, 0) is 32.6 Å². The first-order chi connectivity index (χ1) is 42.1. The molecule has 2 heterocycles. The summed E-state index contributed by atoms with van der Waals surface area (Å²) in [5.74, 6) is 0.0468. The molecule has 1 aromatic carbocycles. The van der Waals surface area contributed by atoms with Crippen LogP contribution in [-0.4, -0.2) is 108 Å². The molecular weight excluding hydrogens is 1260 g/mol. The number of ether oxygens (including phenoxy) is 2. The van der Waals surface area contributed by atoms with Crippen LogP contribution in [0, 0.1) is 10.8 Å². The molecule has 8 nitrogen and oxygen atoms in total. The SMILES string of the molecule is C1CCC([PH+](C2CCCCC2)C2CCCCC2)CC1.C1CCC([PH+](C2CCCCC2)C2CCCCC2)CC1.C=CCC1(CC=C)C[C@@H](C(C)=O)N(C(=O)OC(C)(C)C)C1.CC(=O)[C@@H]1CC2(CC=CC2)CN1C(=O)OC(C)(C)C.[Cl][Ru]([Cl])=[CH]c1ccccc1. The van der Waals surface area contributed by atoms with Crippen LogP contribution >= 0.6 is 35.2 Å². The number of carbonyl (C=O) groups is 4. The van der Waals surface area contributed by atoms with Gasteiger partial charge in [-0.15, -0.1) is 13.2 Å². The number of Topliss-reactive ketones (excluding diaryl/α,β-unsaturated/α-hetero) is 2. The Morgan fingerprint density at radius 2 is 0.818 bits per heavy atom. The monoisotopic (exact) mass is 1380 g/mol. The predicted molar refractivity (Wildman–Crippen MR) is 378 cm³/mol. The quantitative estimate of drug-likeness (QED) is 0.111. The van der Waals surface area contributed by atoms with Crippen LogP contribution in [0.4, 0.5) is 9.59 Å². The number of hydrogen-bond acceptors (Lipinski definition) is 6. The molecule has 500 valence electrons. The molecule has 0 aromatic heterocycles. The van der Waals surface area contributed by atoms with Crippen molar-refractivity contribution >= 4 is 63.6 Å². The summed E-state index contributed by atoms with van der Waals surface area (Å²) >= 11 is -1.61. The molecule has 2 amide bonds. The second-order valence-corrected chi connectivity index (χ2v) is 43.1.